The second kappa shape index (κ2) is 7.23. The minimum Gasteiger partial charge on any atom is -0.374 e. The van der Waals surface area contributed by atoms with Gasteiger partial charge in [0.15, 0.2) is 0 Å². The van der Waals surface area contributed by atoms with Gasteiger partial charge in [-0.3, -0.25) is 14.7 Å². The van der Waals surface area contributed by atoms with Gasteiger partial charge in [0.2, 0.25) is 0 Å². The van der Waals surface area contributed by atoms with Gasteiger partial charge in [0.25, 0.3) is 5.91 Å². The van der Waals surface area contributed by atoms with Gasteiger partial charge in [0, 0.05) is 37.8 Å². The van der Waals surface area contributed by atoms with Crippen molar-refractivity contribution in [2.75, 3.05) is 26.2 Å². The molecule has 2 aliphatic heterocycles. The third-order valence-electron chi connectivity index (χ3n) is 5.19. The molecule has 2 fully saturated rings. The van der Waals surface area contributed by atoms with Gasteiger partial charge in [-0.1, -0.05) is 6.07 Å². The van der Waals surface area contributed by atoms with Crippen molar-refractivity contribution in [3.63, 3.8) is 0 Å². The lowest BCUT2D eigenvalue weighted by atomic mass is 9.97. The Morgan fingerprint density at radius 2 is 2.32 bits per heavy atom. The highest BCUT2D eigenvalue weighted by Crippen LogP contribution is 2.26. The molecule has 0 unspecified atom stereocenters. The van der Waals surface area contributed by atoms with Crippen molar-refractivity contribution in [2.24, 2.45) is 0 Å². The van der Waals surface area contributed by atoms with Gasteiger partial charge in [-0.25, -0.2) is 0 Å². The van der Waals surface area contributed by atoms with Crippen LogP contribution >= 0.6 is 11.3 Å². The van der Waals surface area contributed by atoms with E-state index in [2.05, 4.69) is 22.9 Å². The van der Waals surface area contributed by atoms with E-state index >= 15 is 0 Å². The van der Waals surface area contributed by atoms with Crippen LogP contribution in [0.1, 0.15) is 28.0 Å². The standard InChI is InChI=1S/C19H23N3O2S/c1-14-3-2-6-20-16(14)11-21-7-4-18-17(12-21)22(8-9-24-18)19(23)15-5-10-25-13-15/h2-3,5-6,10,13,17-18H,4,7-9,11-12H2,1H3/t17-,18-/m0/s1. The SMILES string of the molecule is Cc1cccnc1CN1CC[C@@H]2OCCN(C(=O)c3ccsc3)[C@H]2C1. The van der Waals surface area contributed by atoms with Crippen LogP contribution < -0.4 is 0 Å². The number of nitrogens with zero attached hydrogens (tertiary/aromatic N) is 3. The Hall–Kier alpha value is -1.76. The van der Waals surface area contributed by atoms with Gasteiger partial charge in [-0.05, 0) is 36.4 Å². The zero-order chi connectivity index (χ0) is 17.2. The van der Waals surface area contributed by atoms with Crippen molar-refractivity contribution in [3.05, 3.63) is 52.0 Å². The predicted octanol–water partition coefficient (Wildman–Crippen LogP) is 2.57. The lowest BCUT2D eigenvalue weighted by molar-refractivity contribution is -0.0915. The maximum absolute atomic E-state index is 12.9. The number of rotatable bonds is 3. The Kier molecular flexibility index (Phi) is 4.83. The first-order valence-electron chi connectivity index (χ1n) is 8.80. The molecule has 0 radical (unpaired) electrons. The van der Waals surface area contributed by atoms with E-state index in [-0.39, 0.29) is 18.1 Å². The molecule has 0 N–H and O–H groups in total. The zero-order valence-electron chi connectivity index (χ0n) is 14.4. The molecule has 2 saturated heterocycles. The number of carbonyl (C=O) groups excluding carboxylic acids is 1. The molecule has 0 saturated carbocycles. The monoisotopic (exact) mass is 357 g/mol. The highest BCUT2D eigenvalue weighted by molar-refractivity contribution is 7.08. The summed E-state index contributed by atoms with van der Waals surface area (Å²) < 4.78 is 5.97. The average Bonchev–Trinajstić information content (AvgIpc) is 3.17. The summed E-state index contributed by atoms with van der Waals surface area (Å²) in [7, 11) is 0. The maximum Gasteiger partial charge on any atom is 0.255 e. The summed E-state index contributed by atoms with van der Waals surface area (Å²) >= 11 is 1.57. The van der Waals surface area contributed by atoms with Crippen LogP contribution in [-0.2, 0) is 11.3 Å². The van der Waals surface area contributed by atoms with Crippen LogP contribution in [0.15, 0.2) is 35.2 Å². The molecule has 1 amide bonds. The molecule has 0 bridgehead atoms. The molecule has 4 heterocycles. The Bertz CT molecular complexity index is 734. The van der Waals surface area contributed by atoms with E-state index in [0.29, 0.717) is 13.2 Å². The molecule has 2 atom stereocenters. The minimum absolute atomic E-state index is 0.124. The summed E-state index contributed by atoms with van der Waals surface area (Å²) in [5, 5.41) is 3.90. The predicted molar refractivity (Wildman–Crippen MR) is 97.8 cm³/mol. The molecule has 6 heteroatoms. The van der Waals surface area contributed by atoms with E-state index in [0.717, 1.165) is 37.3 Å². The van der Waals surface area contributed by atoms with Crippen molar-refractivity contribution in [1.82, 2.24) is 14.8 Å². The molecule has 2 aromatic rings. The number of ether oxygens (including phenoxy) is 1. The summed E-state index contributed by atoms with van der Waals surface area (Å²) in [5.41, 5.74) is 3.13. The molecule has 0 spiro atoms. The quantitative estimate of drug-likeness (QED) is 0.847. The van der Waals surface area contributed by atoms with Gasteiger partial charge in [-0.2, -0.15) is 11.3 Å². The fraction of sp³-hybridized carbons (Fsp3) is 0.474. The van der Waals surface area contributed by atoms with E-state index in [1.54, 1.807) is 11.3 Å². The Morgan fingerprint density at radius 3 is 3.12 bits per heavy atom. The van der Waals surface area contributed by atoms with Gasteiger partial charge in [0.05, 0.1) is 30.0 Å². The van der Waals surface area contributed by atoms with Crippen LogP contribution in [-0.4, -0.2) is 59.1 Å². The number of likely N-dealkylation sites (tertiary alicyclic amines) is 1. The van der Waals surface area contributed by atoms with E-state index in [4.69, 9.17) is 4.74 Å². The number of hydrogen-bond acceptors (Lipinski definition) is 5. The lowest BCUT2D eigenvalue weighted by Gasteiger charge is -2.47. The van der Waals surface area contributed by atoms with Crippen molar-refractivity contribution in [1.29, 1.82) is 0 Å². The van der Waals surface area contributed by atoms with Gasteiger partial charge >= 0.3 is 0 Å². The smallest absolute Gasteiger partial charge is 0.255 e. The normalized spacial score (nSPS) is 24.1. The van der Waals surface area contributed by atoms with Gasteiger partial charge in [0.1, 0.15) is 0 Å². The highest BCUT2D eigenvalue weighted by atomic mass is 32.1. The van der Waals surface area contributed by atoms with Gasteiger partial charge in [-0.15, -0.1) is 0 Å². The maximum atomic E-state index is 12.9. The molecule has 4 rings (SSSR count). The first kappa shape index (κ1) is 16.7. The lowest BCUT2D eigenvalue weighted by Crippen LogP contribution is -2.61. The topological polar surface area (TPSA) is 45.7 Å². The van der Waals surface area contributed by atoms with Crippen molar-refractivity contribution >= 4 is 17.2 Å². The fourth-order valence-corrected chi connectivity index (χ4v) is 4.41. The second-order valence-electron chi connectivity index (χ2n) is 6.78. The van der Waals surface area contributed by atoms with Crippen LogP contribution in [0.3, 0.4) is 0 Å². The Morgan fingerprint density at radius 1 is 1.40 bits per heavy atom. The van der Waals surface area contributed by atoms with E-state index in [1.807, 2.05) is 34.0 Å². The fourth-order valence-electron chi connectivity index (χ4n) is 3.78. The number of carbonyl (C=O) groups is 1. The first-order chi connectivity index (χ1) is 12.2. The van der Waals surface area contributed by atoms with Crippen molar-refractivity contribution in [2.45, 2.75) is 32.0 Å². The summed E-state index contributed by atoms with van der Waals surface area (Å²) in [4.78, 5) is 21.8. The second-order valence-corrected chi connectivity index (χ2v) is 7.56. The van der Waals surface area contributed by atoms with E-state index < -0.39 is 0 Å². The Balaban J connectivity index is 1.49. The number of fused-ring (bicyclic) bond motifs is 1. The average molecular weight is 357 g/mol. The molecular formula is C19H23N3O2S. The summed E-state index contributed by atoms with van der Waals surface area (Å²) in [5.74, 6) is 0.135. The van der Waals surface area contributed by atoms with Crippen LogP contribution in [0.2, 0.25) is 0 Å². The van der Waals surface area contributed by atoms with Crippen LogP contribution in [0, 0.1) is 6.92 Å². The Labute approximate surface area is 152 Å². The number of thiophene rings is 1. The number of aromatic nitrogens is 1. The summed E-state index contributed by atoms with van der Waals surface area (Å²) in [6, 6.07) is 6.11. The molecule has 5 nitrogen and oxygen atoms in total. The number of amides is 1. The summed E-state index contributed by atoms with van der Waals surface area (Å²) in [6.07, 6.45) is 2.97. The highest BCUT2D eigenvalue weighted by Gasteiger charge is 2.39. The number of aryl methyl sites for hydroxylation is 1. The van der Waals surface area contributed by atoms with E-state index in [9.17, 15) is 4.79 Å². The molecule has 0 aromatic carbocycles. The third kappa shape index (κ3) is 3.47. The first-order valence-corrected chi connectivity index (χ1v) is 9.74. The van der Waals surface area contributed by atoms with Crippen LogP contribution in [0.25, 0.3) is 0 Å². The van der Waals surface area contributed by atoms with E-state index in [1.165, 1.54) is 5.56 Å². The molecule has 25 heavy (non-hydrogen) atoms. The van der Waals surface area contributed by atoms with Crippen molar-refractivity contribution in [3.8, 4) is 0 Å². The van der Waals surface area contributed by atoms with Gasteiger partial charge < -0.3 is 9.64 Å². The van der Waals surface area contributed by atoms with Crippen molar-refractivity contribution < 1.29 is 9.53 Å². The largest absolute Gasteiger partial charge is 0.374 e. The number of hydrogen-bond donors (Lipinski definition) is 0. The third-order valence-corrected chi connectivity index (χ3v) is 5.87. The number of pyridine rings is 1. The number of piperidine rings is 1. The molecule has 2 aliphatic rings. The number of morpholine rings is 1. The minimum atomic E-state index is 0.124. The van der Waals surface area contributed by atoms with Crippen LogP contribution in [0.5, 0.6) is 0 Å². The zero-order valence-corrected chi connectivity index (χ0v) is 15.2. The van der Waals surface area contributed by atoms with Crippen LogP contribution in [0.4, 0.5) is 0 Å². The molecule has 132 valence electrons. The summed E-state index contributed by atoms with van der Waals surface area (Å²) in [6.45, 7) is 6.07. The molecular weight excluding hydrogens is 334 g/mol. The molecule has 2 aromatic heterocycles. The molecule has 0 aliphatic carbocycles.